The minimum Gasteiger partial charge on any atom is -0.342 e. The van der Waals surface area contributed by atoms with Crippen molar-refractivity contribution in [1.82, 2.24) is 30.0 Å². The molecule has 1 aromatic carbocycles. The molecule has 3 heterocycles. The summed E-state index contributed by atoms with van der Waals surface area (Å²) in [5.74, 6) is 0.543. The zero-order valence-corrected chi connectivity index (χ0v) is 16.7. The smallest absolute Gasteiger partial charge is 0.132 e. The molecule has 148 valence electrons. The number of hydrogen-bond acceptors (Lipinski definition) is 4. The molecule has 29 heavy (non-hydrogen) atoms. The van der Waals surface area contributed by atoms with Gasteiger partial charge in [-0.3, -0.25) is 10.1 Å². The van der Waals surface area contributed by atoms with E-state index in [0.717, 1.165) is 47.0 Å². The van der Waals surface area contributed by atoms with Gasteiger partial charge in [-0.1, -0.05) is 12.1 Å². The molecule has 0 radical (unpaired) electrons. The standard InChI is InChI=1S/C22H23FN6/c1-14-5-4-6-19(26-14)22-17(12-25-28-22)15-7-8-18(23)16(11-15)20-13-24-21(27-20)9-10-29(2)3/h4-8,11-13H,9-10H2,1-3H3,(H,24,27)(H,25,28). The first kappa shape index (κ1) is 19.0. The highest BCUT2D eigenvalue weighted by atomic mass is 19.1. The van der Waals surface area contributed by atoms with Gasteiger partial charge in [0.2, 0.25) is 0 Å². The molecule has 0 aliphatic rings. The van der Waals surface area contributed by atoms with Crippen LogP contribution in [0.2, 0.25) is 0 Å². The van der Waals surface area contributed by atoms with Gasteiger partial charge in [-0.15, -0.1) is 0 Å². The van der Waals surface area contributed by atoms with Gasteiger partial charge in [0, 0.05) is 29.8 Å². The van der Waals surface area contributed by atoms with Crippen molar-refractivity contribution in [3.05, 3.63) is 66.1 Å². The average Bonchev–Trinajstić information content (AvgIpc) is 3.36. The highest BCUT2D eigenvalue weighted by molar-refractivity contribution is 5.81. The van der Waals surface area contributed by atoms with Crippen molar-refractivity contribution in [3.63, 3.8) is 0 Å². The summed E-state index contributed by atoms with van der Waals surface area (Å²) in [5.41, 5.74) is 5.41. The summed E-state index contributed by atoms with van der Waals surface area (Å²) in [6.07, 6.45) is 4.20. The highest BCUT2D eigenvalue weighted by Gasteiger charge is 2.15. The summed E-state index contributed by atoms with van der Waals surface area (Å²) in [6.45, 7) is 2.82. The Labute approximate surface area is 168 Å². The summed E-state index contributed by atoms with van der Waals surface area (Å²) in [6, 6.07) is 10.9. The number of aromatic nitrogens is 5. The monoisotopic (exact) mass is 390 g/mol. The van der Waals surface area contributed by atoms with Crippen molar-refractivity contribution in [1.29, 1.82) is 0 Å². The Balaban J connectivity index is 1.69. The van der Waals surface area contributed by atoms with Crippen LogP contribution in [-0.2, 0) is 6.42 Å². The maximum Gasteiger partial charge on any atom is 0.132 e. The van der Waals surface area contributed by atoms with Crippen molar-refractivity contribution in [2.24, 2.45) is 0 Å². The van der Waals surface area contributed by atoms with Crippen LogP contribution in [0, 0.1) is 12.7 Å². The molecule has 4 rings (SSSR count). The number of halogens is 1. The Morgan fingerprint density at radius 3 is 2.72 bits per heavy atom. The van der Waals surface area contributed by atoms with E-state index in [-0.39, 0.29) is 5.82 Å². The number of imidazole rings is 1. The van der Waals surface area contributed by atoms with E-state index in [0.29, 0.717) is 11.3 Å². The fourth-order valence-electron chi connectivity index (χ4n) is 3.24. The van der Waals surface area contributed by atoms with Crippen molar-refractivity contribution >= 4 is 0 Å². The molecule has 0 bridgehead atoms. The molecule has 0 aliphatic heterocycles. The van der Waals surface area contributed by atoms with E-state index in [1.54, 1.807) is 18.5 Å². The van der Waals surface area contributed by atoms with Crippen LogP contribution in [0.15, 0.2) is 48.8 Å². The summed E-state index contributed by atoms with van der Waals surface area (Å²) in [7, 11) is 4.02. The first-order chi connectivity index (χ1) is 14.0. The Morgan fingerprint density at radius 1 is 1.07 bits per heavy atom. The van der Waals surface area contributed by atoms with Crippen LogP contribution in [0.3, 0.4) is 0 Å². The Kier molecular flexibility index (Phi) is 5.22. The number of H-pyrrole nitrogens is 2. The molecule has 3 aromatic heterocycles. The predicted octanol–water partition coefficient (Wildman–Crippen LogP) is 4.08. The molecule has 0 aliphatic carbocycles. The van der Waals surface area contributed by atoms with Crippen LogP contribution in [0.4, 0.5) is 4.39 Å². The molecule has 0 spiro atoms. The van der Waals surface area contributed by atoms with E-state index >= 15 is 0 Å². The van der Waals surface area contributed by atoms with Crippen LogP contribution in [0.1, 0.15) is 11.5 Å². The van der Waals surface area contributed by atoms with E-state index in [1.165, 1.54) is 6.07 Å². The van der Waals surface area contributed by atoms with Crippen LogP contribution in [-0.4, -0.2) is 50.7 Å². The normalized spacial score (nSPS) is 11.3. The number of pyridine rings is 1. The fraction of sp³-hybridized carbons (Fsp3) is 0.227. The van der Waals surface area contributed by atoms with Gasteiger partial charge in [-0.2, -0.15) is 5.10 Å². The third-order valence-corrected chi connectivity index (χ3v) is 4.78. The molecular weight excluding hydrogens is 367 g/mol. The van der Waals surface area contributed by atoms with E-state index in [1.807, 2.05) is 45.3 Å². The SMILES string of the molecule is Cc1cccc(-c2[nH]ncc2-c2ccc(F)c(-c3cnc(CCN(C)C)[nH]3)c2)n1. The molecule has 0 unspecified atom stereocenters. The lowest BCUT2D eigenvalue weighted by atomic mass is 10.0. The van der Waals surface area contributed by atoms with Crippen LogP contribution >= 0.6 is 0 Å². The van der Waals surface area contributed by atoms with Crippen LogP contribution in [0.5, 0.6) is 0 Å². The molecular formula is C22H23FN6. The number of rotatable bonds is 6. The Hall–Kier alpha value is -3.32. The highest BCUT2D eigenvalue weighted by Crippen LogP contribution is 2.32. The number of hydrogen-bond donors (Lipinski definition) is 2. The number of nitrogens with zero attached hydrogens (tertiary/aromatic N) is 4. The molecule has 2 N–H and O–H groups in total. The lowest BCUT2D eigenvalue weighted by Crippen LogP contribution is -2.15. The second-order valence-electron chi connectivity index (χ2n) is 7.31. The quantitative estimate of drug-likeness (QED) is 0.520. The number of nitrogens with one attached hydrogen (secondary N) is 2. The molecule has 0 atom stereocenters. The first-order valence-electron chi connectivity index (χ1n) is 9.47. The fourth-order valence-corrected chi connectivity index (χ4v) is 3.24. The van der Waals surface area contributed by atoms with Gasteiger partial charge in [-0.25, -0.2) is 9.37 Å². The maximum absolute atomic E-state index is 14.6. The number of aromatic amines is 2. The van der Waals surface area contributed by atoms with Gasteiger partial charge in [0.25, 0.3) is 0 Å². The van der Waals surface area contributed by atoms with Crippen molar-refractivity contribution in [2.75, 3.05) is 20.6 Å². The Morgan fingerprint density at radius 2 is 1.93 bits per heavy atom. The second-order valence-corrected chi connectivity index (χ2v) is 7.31. The minimum absolute atomic E-state index is 0.296. The molecule has 0 fully saturated rings. The van der Waals surface area contributed by atoms with Gasteiger partial charge in [0.15, 0.2) is 0 Å². The molecule has 0 amide bonds. The topological polar surface area (TPSA) is 73.5 Å². The zero-order chi connectivity index (χ0) is 20.4. The summed E-state index contributed by atoms with van der Waals surface area (Å²) in [4.78, 5) is 14.3. The molecule has 0 saturated carbocycles. The molecule has 4 aromatic rings. The summed E-state index contributed by atoms with van der Waals surface area (Å²) in [5, 5.41) is 7.21. The van der Waals surface area contributed by atoms with Crippen LogP contribution in [0.25, 0.3) is 33.8 Å². The Bertz CT molecular complexity index is 1130. The summed E-state index contributed by atoms with van der Waals surface area (Å²) >= 11 is 0. The molecule has 0 saturated heterocycles. The largest absolute Gasteiger partial charge is 0.342 e. The summed E-state index contributed by atoms with van der Waals surface area (Å²) < 4.78 is 14.6. The van der Waals surface area contributed by atoms with Gasteiger partial charge in [-0.05, 0) is 50.8 Å². The molecule has 7 heteroatoms. The molecule has 6 nitrogen and oxygen atoms in total. The van der Waals surface area contributed by atoms with Gasteiger partial charge in [0.1, 0.15) is 11.6 Å². The number of benzene rings is 1. The maximum atomic E-state index is 14.6. The van der Waals surface area contributed by atoms with Gasteiger partial charge < -0.3 is 9.88 Å². The van der Waals surface area contributed by atoms with Crippen molar-refractivity contribution < 1.29 is 4.39 Å². The van der Waals surface area contributed by atoms with E-state index in [4.69, 9.17) is 0 Å². The van der Waals surface area contributed by atoms with E-state index < -0.39 is 0 Å². The second kappa shape index (κ2) is 7.97. The average molecular weight is 390 g/mol. The minimum atomic E-state index is -0.296. The van der Waals surface area contributed by atoms with E-state index in [9.17, 15) is 4.39 Å². The third-order valence-electron chi connectivity index (χ3n) is 4.78. The van der Waals surface area contributed by atoms with Gasteiger partial charge in [0.05, 0.1) is 29.5 Å². The van der Waals surface area contributed by atoms with Crippen molar-refractivity contribution in [2.45, 2.75) is 13.3 Å². The number of aryl methyl sites for hydroxylation is 1. The first-order valence-corrected chi connectivity index (χ1v) is 9.47. The van der Waals surface area contributed by atoms with Crippen LogP contribution < -0.4 is 0 Å². The van der Waals surface area contributed by atoms with E-state index in [2.05, 4.69) is 30.0 Å². The predicted molar refractivity (Wildman–Crippen MR) is 112 cm³/mol. The number of likely N-dealkylation sites (N-methyl/N-ethyl adjacent to an activating group) is 1. The van der Waals surface area contributed by atoms with Gasteiger partial charge >= 0.3 is 0 Å². The van der Waals surface area contributed by atoms with Crippen molar-refractivity contribution in [3.8, 4) is 33.8 Å². The lowest BCUT2D eigenvalue weighted by Gasteiger charge is -2.08. The third kappa shape index (κ3) is 4.09. The lowest BCUT2D eigenvalue weighted by molar-refractivity contribution is 0.410. The zero-order valence-electron chi connectivity index (χ0n) is 16.7.